The number of benzene rings is 2. The minimum atomic E-state index is -0.732. The Morgan fingerprint density at radius 1 is 1.20 bits per heavy atom. The molecule has 1 atom stereocenters. The van der Waals surface area contributed by atoms with Crippen LogP contribution in [0.1, 0.15) is 44.2 Å². The van der Waals surface area contributed by atoms with Crippen LogP contribution in [0.25, 0.3) is 0 Å². The van der Waals surface area contributed by atoms with Gasteiger partial charge in [-0.2, -0.15) is 0 Å². The Labute approximate surface area is 179 Å². The Bertz CT molecular complexity index is 999. The summed E-state index contributed by atoms with van der Waals surface area (Å²) in [5.74, 6) is -2.86. The van der Waals surface area contributed by atoms with Crippen LogP contribution in [-0.4, -0.2) is 22.9 Å². The van der Waals surface area contributed by atoms with Gasteiger partial charge in [-0.15, -0.1) is 0 Å². The Balaban J connectivity index is 2.07. The van der Waals surface area contributed by atoms with Gasteiger partial charge < -0.3 is 9.64 Å². The maximum Gasteiger partial charge on any atom is 0.336 e. The van der Waals surface area contributed by atoms with Gasteiger partial charge in [0.05, 0.1) is 18.2 Å². The average Bonchev–Trinajstić information content (AvgIpc) is 2.63. The number of esters is 1. The summed E-state index contributed by atoms with van der Waals surface area (Å²) in [5.41, 5.74) is 1.63. The number of hydrogen-bond donors (Lipinski definition) is 0. The van der Waals surface area contributed by atoms with Crippen molar-refractivity contribution in [3.63, 3.8) is 0 Å². The second-order valence-corrected chi connectivity index (χ2v) is 7.90. The fraction of sp³-hybridized carbons (Fsp3) is 0.304. The zero-order valence-corrected chi connectivity index (χ0v) is 17.7. The Morgan fingerprint density at radius 3 is 2.43 bits per heavy atom. The highest BCUT2D eigenvalue weighted by Crippen LogP contribution is 2.40. The van der Waals surface area contributed by atoms with Crippen LogP contribution in [0.5, 0.6) is 0 Å². The van der Waals surface area contributed by atoms with Crippen LogP contribution in [0.4, 0.5) is 8.78 Å². The summed E-state index contributed by atoms with van der Waals surface area (Å²) in [5, 5.41) is 0.443. The predicted molar refractivity (Wildman–Crippen MR) is 110 cm³/mol. The first-order valence-corrected chi connectivity index (χ1v) is 9.96. The molecule has 158 valence electrons. The third-order valence-corrected chi connectivity index (χ3v) is 5.27. The van der Waals surface area contributed by atoms with Crippen molar-refractivity contribution < 1.29 is 23.1 Å². The monoisotopic (exact) mass is 433 g/mol. The summed E-state index contributed by atoms with van der Waals surface area (Å²) >= 11 is 6.35. The molecule has 0 fully saturated rings. The third-order valence-electron chi connectivity index (χ3n) is 4.93. The molecule has 2 aromatic carbocycles. The molecule has 0 spiro atoms. The molecule has 0 unspecified atom stereocenters. The standard InChI is InChI=1S/C23H22ClF2NO3/c1-13(2)30-23(29)22-14(3)27(12-15-8-16(25)10-17(26)9-15)21(28)11-19(22)18-6-4-5-7-20(18)24/h4-10,13,19H,11-12H2,1-3H3/t19-/m0/s1. The van der Waals surface area contributed by atoms with Crippen molar-refractivity contribution in [2.75, 3.05) is 0 Å². The van der Waals surface area contributed by atoms with Crippen LogP contribution in [0.15, 0.2) is 53.7 Å². The molecule has 3 rings (SSSR count). The summed E-state index contributed by atoms with van der Waals surface area (Å²) < 4.78 is 32.6. The lowest BCUT2D eigenvalue weighted by Gasteiger charge is -2.35. The fourth-order valence-electron chi connectivity index (χ4n) is 3.65. The number of carbonyl (C=O) groups is 2. The molecule has 1 heterocycles. The van der Waals surface area contributed by atoms with Crippen molar-refractivity contribution in [1.82, 2.24) is 4.90 Å². The maximum absolute atomic E-state index is 13.6. The Kier molecular flexibility index (Phi) is 6.56. The van der Waals surface area contributed by atoms with E-state index >= 15 is 0 Å². The molecule has 0 radical (unpaired) electrons. The zero-order valence-electron chi connectivity index (χ0n) is 16.9. The maximum atomic E-state index is 13.6. The van der Waals surface area contributed by atoms with Crippen molar-refractivity contribution in [2.24, 2.45) is 0 Å². The number of hydrogen-bond acceptors (Lipinski definition) is 3. The summed E-state index contributed by atoms with van der Waals surface area (Å²) in [6.07, 6.45) is -0.366. The first kappa shape index (κ1) is 22.0. The summed E-state index contributed by atoms with van der Waals surface area (Å²) in [4.78, 5) is 27.3. The number of ether oxygens (including phenoxy) is 1. The van der Waals surface area contributed by atoms with Gasteiger partial charge in [0.25, 0.3) is 0 Å². The second-order valence-electron chi connectivity index (χ2n) is 7.49. The van der Waals surface area contributed by atoms with Crippen molar-refractivity contribution >= 4 is 23.5 Å². The van der Waals surface area contributed by atoms with Crippen molar-refractivity contribution in [1.29, 1.82) is 0 Å². The van der Waals surface area contributed by atoms with Crippen molar-refractivity contribution in [3.8, 4) is 0 Å². The Morgan fingerprint density at radius 2 is 1.83 bits per heavy atom. The minimum absolute atomic E-state index is 0.0125. The van der Waals surface area contributed by atoms with Gasteiger partial charge in [0, 0.05) is 29.1 Å². The van der Waals surface area contributed by atoms with E-state index in [0.717, 1.165) is 18.2 Å². The van der Waals surface area contributed by atoms with Crippen LogP contribution >= 0.6 is 11.6 Å². The van der Waals surface area contributed by atoms with Gasteiger partial charge >= 0.3 is 5.97 Å². The SMILES string of the molecule is CC1=C(C(=O)OC(C)C)[C@H](c2ccccc2Cl)CC(=O)N1Cc1cc(F)cc(F)c1. The topological polar surface area (TPSA) is 46.6 Å². The van der Waals surface area contributed by atoms with Crippen LogP contribution in [-0.2, 0) is 20.9 Å². The molecule has 4 nitrogen and oxygen atoms in total. The van der Waals surface area contributed by atoms with Crippen molar-refractivity contribution in [3.05, 3.63) is 81.5 Å². The smallest absolute Gasteiger partial charge is 0.336 e. The van der Waals surface area contributed by atoms with Crippen LogP contribution in [0, 0.1) is 11.6 Å². The lowest BCUT2D eigenvalue weighted by atomic mass is 9.83. The summed E-state index contributed by atoms with van der Waals surface area (Å²) in [7, 11) is 0. The molecule has 0 aliphatic carbocycles. The number of rotatable bonds is 5. The highest BCUT2D eigenvalue weighted by atomic mass is 35.5. The van der Waals surface area contributed by atoms with Crippen LogP contribution < -0.4 is 0 Å². The molecule has 0 aromatic heterocycles. The molecule has 2 aromatic rings. The molecule has 0 saturated heterocycles. The van der Waals surface area contributed by atoms with Crippen molar-refractivity contribution in [2.45, 2.75) is 45.8 Å². The van der Waals surface area contributed by atoms with Crippen LogP contribution in [0.2, 0.25) is 5.02 Å². The molecule has 0 bridgehead atoms. The number of halogens is 3. The largest absolute Gasteiger partial charge is 0.460 e. The van der Waals surface area contributed by atoms with E-state index in [9.17, 15) is 18.4 Å². The van der Waals surface area contributed by atoms with E-state index in [1.807, 2.05) is 0 Å². The third kappa shape index (κ3) is 4.70. The molecule has 1 aliphatic heterocycles. The quantitative estimate of drug-likeness (QED) is 0.596. The minimum Gasteiger partial charge on any atom is -0.460 e. The normalized spacial score (nSPS) is 17.0. The van der Waals surface area contributed by atoms with Gasteiger partial charge in [-0.3, -0.25) is 4.79 Å². The molecule has 1 aliphatic rings. The molecule has 0 saturated carbocycles. The first-order valence-electron chi connectivity index (χ1n) is 9.59. The number of amides is 1. The highest BCUT2D eigenvalue weighted by molar-refractivity contribution is 6.31. The lowest BCUT2D eigenvalue weighted by molar-refractivity contribution is -0.143. The lowest BCUT2D eigenvalue weighted by Crippen LogP contribution is -2.38. The molecule has 0 N–H and O–H groups in total. The van der Waals surface area contributed by atoms with E-state index in [2.05, 4.69) is 0 Å². The first-order chi connectivity index (χ1) is 14.2. The van der Waals surface area contributed by atoms with E-state index in [1.165, 1.54) is 4.90 Å². The van der Waals surface area contributed by atoms with E-state index in [-0.39, 0.29) is 30.5 Å². The summed E-state index contributed by atoms with van der Waals surface area (Å²) in [6.45, 7) is 5.04. The number of nitrogens with zero attached hydrogens (tertiary/aromatic N) is 1. The van der Waals surface area contributed by atoms with Gasteiger partial charge in [-0.1, -0.05) is 29.8 Å². The van der Waals surface area contributed by atoms with E-state index in [4.69, 9.17) is 16.3 Å². The van der Waals surface area contributed by atoms with Gasteiger partial charge in [-0.25, -0.2) is 13.6 Å². The summed E-state index contributed by atoms with van der Waals surface area (Å²) in [6, 6.07) is 10.1. The fourth-order valence-corrected chi connectivity index (χ4v) is 3.92. The highest BCUT2D eigenvalue weighted by Gasteiger charge is 2.38. The van der Waals surface area contributed by atoms with E-state index in [1.54, 1.807) is 45.0 Å². The van der Waals surface area contributed by atoms with E-state index in [0.29, 0.717) is 21.9 Å². The molecule has 1 amide bonds. The molecular weight excluding hydrogens is 412 g/mol. The second kappa shape index (κ2) is 8.96. The molecular formula is C23H22ClF2NO3. The van der Waals surface area contributed by atoms with Gasteiger partial charge in [-0.05, 0) is 50.1 Å². The predicted octanol–water partition coefficient (Wildman–Crippen LogP) is 5.36. The van der Waals surface area contributed by atoms with E-state index < -0.39 is 23.5 Å². The molecule has 7 heteroatoms. The van der Waals surface area contributed by atoms with Gasteiger partial charge in [0.15, 0.2) is 0 Å². The molecule has 30 heavy (non-hydrogen) atoms. The average molecular weight is 434 g/mol. The van der Waals surface area contributed by atoms with Crippen LogP contribution in [0.3, 0.4) is 0 Å². The zero-order chi connectivity index (χ0) is 22.0. The van der Waals surface area contributed by atoms with Gasteiger partial charge in [0.2, 0.25) is 5.91 Å². The number of allylic oxidation sites excluding steroid dienone is 1. The number of carbonyl (C=O) groups excluding carboxylic acids is 2. The van der Waals surface area contributed by atoms with Gasteiger partial charge in [0.1, 0.15) is 11.6 Å². The Hall–Kier alpha value is -2.73.